The van der Waals surface area contributed by atoms with Gasteiger partial charge >= 0.3 is 0 Å². The number of nitrogens with zero attached hydrogens (tertiary/aromatic N) is 5. The molecule has 0 bridgehead atoms. The number of pyridine rings is 1. The summed E-state index contributed by atoms with van der Waals surface area (Å²) in [7, 11) is 0. The van der Waals surface area contributed by atoms with E-state index in [2.05, 4.69) is 42.0 Å². The molecule has 0 aliphatic rings. The van der Waals surface area contributed by atoms with Crippen molar-refractivity contribution in [1.29, 1.82) is 5.26 Å². The van der Waals surface area contributed by atoms with Gasteiger partial charge in [-0.25, -0.2) is 9.67 Å². The van der Waals surface area contributed by atoms with Crippen molar-refractivity contribution in [2.75, 3.05) is 0 Å². The van der Waals surface area contributed by atoms with E-state index in [0.717, 1.165) is 32.2 Å². The Balaban J connectivity index is 1.88. The van der Waals surface area contributed by atoms with Crippen molar-refractivity contribution in [3.8, 4) is 11.8 Å². The SMILES string of the molecule is N#C/C(=C\c1cnccc1-n1cncn1)c1c[nH]c2ccc(Br)cc12. The summed E-state index contributed by atoms with van der Waals surface area (Å²) in [4.78, 5) is 11.3. The zero-order chi connectivity index (χ0) is 17.2. The Kier molecular flexibility index (Phi) is 3.88. The first-order valence-electron chi connectivity index (χ1n) is 7.44. The van der Waals surface area contributed by atoms with Crippen molar-refractivity contribution in [2.45, 2.75) is 0 Å². The van der Waals surface area contributed by atoms with E-state index in [9.17, 15) is 5.26 Å². The average molecular weight is 391 g/mol. The molecule has 6 nitrogen and oxygen atoms in total. The van der Waals surface area contributed by atoms with Gasteiger partial charge in [-0.15, -0.1) is 0 Å². The summed E-state index contributed by atoms with van der Waals surface area (Å²) in [6, 6.07) is 10.1. The monoisotopic (exact) mass is 390 g/mol. The van der Waals surface area contributed by atoms with Crippen LogP contribution < -0.4 is 0 Å². The number of hydrogen-bond acceptors (Lipinski definition) is 4. The minimum absolute atomic E-state index is 0.540. The number of halogens is 1. The number of aromatic amines is 1. The van der Waals surface area contributed by atoms with Crippen molar-refractivity contribution >= 4 is 38.5 Å². The van der Waals surface area contributed by atoms with E-state index in [1.54, 1.807) is 23.4 Å². The fourth-order valence-corrected chi connectivity index (χ4v) is 3.05. The highest BCUT2D eigenvalue weighted by atomic mass is 79.9. The molecule has 0 saturated heterocycles. The van der Waals surface area contributed by atoms with E-state index in [0.29, 0.717) is 5.57 Å². The lowest BCUT2D eigenvalue weighted by atomic mass is 10.0. The van der Waals surface area contributed by atoms with Crippen LogP contribution in [0, 0.1) is 11.3 Å². The van der Waals surface area contributed by atoms with Crippen LogP contribution >= 0.6 is 15.9 Å². The first kappa shape index (κ1) is 15.3. The molecular weight excluding hydrogens is 380 g/mol. The highest BCUT2D eigenvalue weighted by Gasteiger charge is 2.11. The molecule has 0 amide bonds. The number of allylic oxidation sites excluding steroid dienone is 1. The Hall–Kier alpha value is -3.24. The molecule has 1 aromatic carbocycles. The molecule has 0 atom stereocenters. The maximum atomic E-state index is 9.71. The molecular formula is C18H11BrN6. The fourth-order valence-electron chi connectivity index (χ4n) is 2.69. The van der Waals surface area contributed by atoms with Crippen LogP contribution in [0.2, 0.25) is 0 Å². The second kappa shape index (κ2) is 6.34. The summed E-state index contributed by atoms with van der Waals surface area (Å²) in [6.45, 7) is 0. The smallest absolute Gasteiger partial charge is 0.138 e. The number of nitrogens with one attached hydrogen (secondary N) is 1. The molecule has 4 aromatic rings. The van der Waals surface area contributed by atoms with Gasteiger partial charge in [0.2, 0.25) is 0 Å². The third kappa shape index (κ3) is 2.84. The standard InChI is InChI=1S/C18H11BrN6/c19-14-1-2-17-15(6-14)16(9-23-17)12(7-20)5-13-8-21-4-3-18(13)25-11-22-10-24-25/h1-6,8-11,23H/b12-5+. The van der Waals surface area contributed by atoms with Crippen LogP contribution in [-0.2, 0) is 0 Å². The Labute approximate surface area is 151 Å². The zero-order valence-corrected chi connectivity index (χ0v) is 14.5. The molecule has 25 heavy (non-hydrogen) atoms. The summed E-state index contributed by atoms with van der Waals surface area (Å²) in [6.07, 6.45) is 10.1. The first-order chi connectivity index (χ1) is 12.3. The highest BCUT2D eigenvalue weighted by Crippen LogP contribution is 2.29. The van der Waals surface area contributed by atoms with Gasteiger partial charge < -0.3 is 4.98 Å². The first-order valence-corrected chi connectivity index (χ1v) is 8.23. The molecule has 1 N–H and O–H groups in total. The lowest BCUT2D eigenvalue weighted by molar-refractivity contribution is 0.874. The van der Waals surface area contributed by atoms with Gasteiger partial charge in [-0.3, -0.25) is 4.98 Å². The summed E-state index contributed by atoms with van der Waals surface area (Å²) in [5, 5.41) is 14.8. The van der Waals surface area contributed by atoms with Gasteiger partial charge in [-0.2, -0.15) is 10.4 Å². The third-order valence-electron chi connectivity index (χ3n) is 3.85. The molecule has 0 unspecified atom stereocenters. The second-order valence-electron chi connectivity index (χ2n) is 5.34. The van der Waals surface area contributed by atoms with E-state index in [1.165, 1.54) is 6.33 Å². The van der Waals surface area contributed by atoms with Crippen molar-refractivity contribution in [3.63, 3.8) is 0 Å². The quantitative estimate of drug-likeness (QED) is 0.536. The summed E-state index contributed by atoms with van der Waals surface area (Å²) < 4.78 is 2.61. The van der Waals surface area contributed by atoms with E-state index in [4.69, 9.17) is 0 Å². The summed E-state index contributed by atoms with van der Waals surface area (Å²) >= 11 is 3.48. The Morgan fingerprint density at radius 2 is 2.20 bits per heavy atom. The normalized spacial score (nSPS) is 11.6. The summed E-state index contributed by atoms with van der Waals surface area (Å²) in [5.74, 6) is 0. The molecule has 3 aromatic heterocycles. The zero-order valence-electron chi connectivity index (χ0n) is 12.9. The second-order valence-corrected chi connectivity index (χ2v) is 6.25. The van der Waals surface area contributed by atoms with Crippen molar-refractivity contribution in [1.82, 2.24) is 24.7 Å². The number of aromatic nitrogens is 5. The van der Waals surface area contributed by atoms with Crippen molar-refractivity contribution in [3.05, 3.63) is 71.1 Å². The lowest BCUT2D eigenvalue weighted by Gasteiger charge is -2.05. The number of benzene rings is 1. The van der Waals surface area contributed by atoms with E-state index >= 15 is 0 Å². The molecule has 0 fully saturated rings. The number of fused-ring (bicyclic) bond motifs is 1. The predicted molar refractivity (Wildman–Crippen MR) is 98.6 cm³/mol. The van der Waals surface area contributed by atoms with E-state index in [-0.39, 0.29) is 0 Å². The average Bonchev–Trinajstić information content (AvgIpc) is 3.30. The van der Waals surface area contributed by atoms with Crippen LogP contribution in [0.3, 0.4) is 0 Å². The molecule has 0 spiro atoms. The van der Waals surface area contributed by atoms with Gasteiger partial charge in [0, 0.05) is 45.1 Å². The van der Waals surface area contributed by atoms with Gasteiger partial charge in [0.05, 0.1) is 17.3 Å². The fraction of sp³-hybridized carbons (Fsp3) is 0. The van der Waals surface area contributed by atoms with Gasteiger partial charge in [-0.05, 0) is 30.3 Å². The molecule has 0 aliphatic carbocycles. The maximum absolute atomic E-state index is 9.71. The minimum atomic E-state index is 0.540. The number of hydrogen-bond donors (Lipinski definition) is 1. The Morgan fingerprint density at radius 1 is 1.28 bits per heavy atom. The van der Waals surface area contributed by atoms with Gasteiger partial charge in [0.1, 0.15) is 12.7 Å². The van der Waals surface area contributed by atoms with Crippen LogP contribution in [0.5, 0.6) is 0 Å². The summed E-state index contributed by atoms with van der Waals surface area (Å²) in [5.41, 5.74) is 3.95. The van der Waals surface area contributed by atoms with E-state index < -0.39 is 0 Å². The van der Waals surface area contributed by atoms with Crippen LogP contribution in [0.15, 0.2) is 60.0 Å². The third-order valence-corrected chi connectivity index (χ3v) is 4.34. The Morgan fingerprint density at radius 3 is 3.00 bits per heavy atom. The van der Waals surface area contributed by atoms with E-state index in [1.807, 2.05) is 36.5 Å². The largest absolute Gasteiger partial charge is 0.361 e. The van der Waals surface area contributed by atoms with Gasteiger partial charge in [0.15, 0.2) is 0 Å². The topological polar surface area (TPSA) is 83.2 Å². The van der Waals surface area contributed by atoms with Crippen LogP contribution in [0.4, 0.5) is 0 Å². The van der Waals surface area contributed by atoms with Gasteiger partial charge in [-0.1, -0.05) is 15.9 Å². The lowest BCUT2D eigenvalue weighted by Crippen LogP contribution is -1.98. The molecule has 120 valence electrons. The molecule has 0 radical (unpaired) electrons. The number of rotatable bonds is 3. The predicted octanol–water partition coefficient (Wildman–Crippen LogP) is 3.97. The molecule has 0 saturated carbocycles. The number of H-pyrrole nitrogens is 1. The molecule has 0 aliphatic heterocycles. The van der Waals surface area contributed by atoms with Crippen LogP contribution in [0.1, 0.15) is 11.1 Å². The molecule has 3 heterocycles. The van der Waals surface area contributed by atoms with Crippen molar-refractivity contribution in [2.24, 2.45) is 0 Å². The highest BCUT2D eigenvalue weighted by molar-refractivity contribution is 9.10. The minimum Gasteiger partial charge on any atom is -0.361 e. The van der Waals surface area contributed by atoms with Crippen LogP contribution in [0.25, 0.3) is 28.2 Å². The molecule has 4 rings (SSSR count). The maximum Gasteiger partial charge on any atom is 0.138 e. The molecule has 7 heteroatoms. The van der Waals surface area contributed by atoms with Crippen molar-refractivity contribution < 1.29 is 0 Å². The Bertz CT molecular complexity index is 1120. The van der Waals surface area contributed by atoms with Gasteiger partial charge in [0.25, 0.3) is 0 Å². The number of nitriles is 1. The van der Waals surface area contributed by atoms with Crippen LogP contribution in [-0.4, -0.2) is 24.7 Å².